The van der Waals surface area contributed by atoms with Crippen LogP contribution >= 0.6 is 0 Å². The third-order valence-electron chi connectivity index (χ3n) is 3.08. The highest BCUT2D eigenvalue weighted by Crippen LogP contribution is 2.19. The van der Waals surface area contributed by atoms with Crippen molar-refractivity contribution in [3.63, 3.8) is 0 Å². The standard InChI is InChI=1S/C12H26N2O/c1-4-9-15-10-8-13-14-11(2)6-5-7-12(14)3/h11-13H,4-10H2,1-3H3. The number of nitrogens with one attached hydrogen (secondary N) is 1. The number of hydrogen-bond donors (Lipinski definition) is 1. The Bertz CT molecular complexity index is 154. The minimum absolute atomic E-state index is 0.667. The molecule has 0 saturated carbocycles. The number of ether oxygens (including phenoxy) is 1. The van der Waals surface area contributed by atoms with Crippen molar-refractivity contribution in [1.82, 2.24) is 10.4 Å². The number of nitrogens with zero attached hydrogens (tertiary/aromatic N) is 1. The van der Waals surface area contributed by atoms with Gasteiger partial charge in [-0.15, -0.1) is 0 Å². The average Bonchev–Trinajstić information content (AvgIpc) is 2.21. The fourth-order valence-electron chi connectivity index (χ4n) is 2.23. The maximum Gasteiger partial charge on any atom is 0.0604 e. The Morgan fingerprint density at radius 3 is 2.47 bits per heavy atom. The Balaban J connectivity index is 2.12. The van der Waals surface area contributed by atoms with Gasteiger partial charge >= 0.3 is 0 Å². The normalized spacial score (nSPS) is 28.2. The zero-order valence-corrected chi connectivity index (χ0v) is 10.5. The molecule has 1 aliphatic rings. The van der Waals surface area contributed by atoms with E-state index < -0.39 is 0 Å². The van der Waals surface area contributed by atoms with Crippen LogP contribution in [0.5, 0.6) is 0 Å². The molecule has 1 N–H and O–H groups in total. The van der Waals surface area contributed by atoms with E-state index in [2.05, 4.69) is 31.2 Å². The summed E-state index contributed by atoms with van der Waals surface area (Å²) in [6.45, 7) is 9.39. The van der Waals surface area contributed by atoms with Crippen molar-refractivity contribution in [1.29, 1.82) is 0 Å². The number of hydrogen-bond acceptors (Lipinski definition) is 3. The molecule has 3 heteroatoms. The van der Waals surface area contributed by atoms with Gasteiger partial charge in [0, 0.05) is 25.2 Å². The molecule has 2 unspecified atom stereocenters. The summed E-state index contributed by atoms with van der Waals surface area (Å²) in [6.07, 6.45) is 5.10. The highest BCUT2D eigenvalue weighted by atomic mass is 16.5. The molecule has 1 aliphatic heterocycles. The van der Waals surface area contributed by atoms with Crippen LogP contribution in [-0.4, -0.2) is 36.9 Å². The van der Waals surface area contributed by atoms with Gasteiger partial charge in [0.1, 0.15) is 0 Å². The van der Waals surface area contributed by atoms with Crippen LogP contribution < -0.4 is 5.43 Å². The van der Waals surface area contributed by atoms with E-state index in [0.29, 0.717) is 12.1 Å². The zero-order chi connectivity index (χ0) is 11.1. The van der Waals surface area contributed by atoms with Gasteiger partial charge in [0.05, 0.1) is 6.61 Å². The van der Waals surface area contributed by atoms with Gasteiger partial charge in [0.25, 0.3) is 0 Å². The topological polar surface area (TPSA) is 24.5 Å². The molecule has 0 aromatic heterocycles. The number of rotatable bonds is 6. The Morgan fingerprint density at radius 1 is 1.20 bits per heavy atom. The van der Waals surface area contributed by atoms with E-state index in [4.69, 9.17) is 4.74 Å². The van der Waals surface area contributed by atoms with Gasteiger partial charge in [-0.05, 0) is 33.1 Å². The van der Waals surface area contributed by atoms with Crippen molar-refractivity contribution in [3.8, 4) is 0 Å². The van der Waals surface area contributed by atoms with Gasteiger partial charge in [-0.25, -0.2) is 5.01 Å². The first kappa shape index (κ1) is 12.9. The van der Waals surface area contributed by atoms with Gasteiger partial charge in [0.2, 0.25) is 0 Å². The smallest absolute Gasteiger partial charge is 0.0604 e. The van der Waals surface area contributed by atoms with E-state index in [0.717, 1.165) is 26.2 Å². The molecule has 15 heavy (non-hydrogen) atoms. The molecular formula is C12H26N2O. The van der Waals surface area contributed by atoms with Crippen molar-refractivity contribution in [2.24, 2.45) is 0 Å². The molecule has 0 spiro atoms. The van der Waals surface area contributed by atoms with Gasteiger partial charge in [-0.2, -0.15) is 0 Å². The van der Waals surface area contributed by atoms with Crippen LogP contribution in [0, 0.1) is 0 Å². The molecule has 3 nitrogen and oxygen atoms in total. The first-order valence-electron chi connectivity index (χ1n) is 6.35. The van der Waals surface area contributed by atoms with Crippen molar-refractivity contribution in [3.05, 3.63) is 0 Å². The van der Waals surface area contributed by atoms with Gasteiger partial charge < -0.3 is 4.74 Å². The van der Waals surface area contributed by atoms with Crippen molar-refractivity contribution < 1.29 is 4.74 Å². The second-order valence-electron chi connectivity index (χ2n) is 4.56. The maximum atomic E-state index is 5.46. The lowest BCUT2D eigenvalue weighted by atomic mass is 10.00. The summed E-state index contributed by atoms with van der Waals surface area (Å²) < 4.78 is 5.46. The molecule has 1 saturated heterocycles. The fraction of sp³-hybridized carbons (Fsp3) is 1.00. The molecule has 0 bridgehead atoms. The SMILES string of the molecule is CCCOCCNN1C(C)CCCC1C. The first-order valence-corrected chi connectivity index (χ1v) is 6.35. The van der Waals surface area contributed by atoms with Crippen molar-refractivity contribution in [2.75, 3.05) is 19.8 Å². The van der Waals surface area contributed by atoms with Crippen LogP contribution in [0.1, 0.15) is 46.5 Å². The van der Waals surface area contributed by atoms with Crippen molar-refractivity contribution >= 4 is 0 Å². The molecule has 1 heterocycles. The lowest BCUT2D eigenvalue weighted by Crippen LogP contribution is -2.52. The van der Waals surface area contributed by atoms with E-state index in [1.807, 2.05) is 0 Å². The van der Waals surface area contributed by atoms with Gasteiger partial charge in [-0.1, -0.05) is 13.3 Å². The fourth-order valence-corrected chi connectivity index (χ4v) is 2.23. The lowest BCUT2D eigenvalue weighted by molar-refractivity contribution is 0.0310. The van der Waals surface area contributed by atoms with E-state index >= 15 is 0 Å². The molecule has 1 fully saturated rings. The van der Waals surface area contributed by atoms with Crippen LogP contribution in [0.3, 0.4) is 0 Å². The third-order valence-corrected chi connectivity index (χ3v) is 3.08. The largest absolute Gasteiger partial charge is 0.380 e. The molecular weight excluding hydrogens is 188 g/mol. The van der Waals surface area contributed by atoms with Crippen LogP contribution in [0.25, 0.3) is 0 Å². The second-order valence-corrected chi connectivity index (χ2v) is 4.56. The maximum absolute atomic E-state index is 5.46. The summed E-state index contributed by atoms with van der Waals surface area (Å²) in [5.41, 5.74) is 3.49. The van der Waals surface area contributed by atoms with Gasteiger partial charge in [0.15, 0.2) is 0 Å². The Kier molecular flexibility index (Phi) is 6.22. The molecule has 0 amide bonds. The summed E-state index contributed by atoms with van der Waals surface area (Å²) in [4.78, 5) is 0. The van der Waals surface area contributed by atoms with E-state index in [1.54, 1.807) is 0 Å². The van der Waals surface area contributed by atoms with Crippen molar-refractivity contribution in [2.45, 2.75) is 58.5 Å². The quantitative estimate of drug-likeness (QED) is 0.686. The number of piperidine rings is 1. The van der Waals surface area contributed by atoms with Crippen LogP contribution in [0.2, 0.25) is 0 Å². The summed E-state index contributed by atoms with van der Waals surface area (Å²) in [7, 11) is 0. The van der Waals surface area contributed by atoms with E-state index in [-0.39, 0.29) is 0 Å². The summed E-state index contributed by atoms with van der Waals surface area (Å²) in [6, 6.07) is 1.33. The Hall–Kier alpha value is -0.120. The average molecular weight is 214 g/mol. The summed E-state index contributed by atoms with van der Waals surface area (Å²) in [5.74, 6) is 0. The van der Waals surface area contributed by atoms with Crippen LogP contribution in [0.4, 0.5) is 0 Å². The van der Waals surface area contributed by atoms with E-state index in [1.165, 1.54) is 19.3 Å². The lowest BCUT2D eigenvalue weighted by Gasteiger charge is -2.39. The molecule has 0 aliphatic carbocycles. The summed E-state index contributed by atoms with van der Waals surface area (Å²) >= 11 is 0. The molecule has 2 atom stereocenters. The molecule has 0 aromatic rings. The third kappa shape index (κ3) is 4.49. The highest BCUT2D eigenvalue weighted by Gasteiger charge is 2.23. The second kappa shape index (κ2) is 7.20. The monoisotopic (exact) mass is 214 g/mol. The minimum atomic E-state index is 0.667. The van der Waals surface area contributed by atoms with Crippen LogP contribution in [-0.2, 0) is 4.74 Å². The Morgan fingerprint density at radius 2 is 1.87 bits per heavy atom. The predicted molar refractivity (Wildman–Crippen MR) is 63.7 cm³/mol. The van der Waals surface area contributed by atoms with Gasteiger partial charge in [-0.3, -0.25) is 5.43 Å². The minimum Gasteiger partial charge on any atom is -0.380 e. The number of hydrazine groups is 1. The first-order chi connectivity index (χ1) is 7.25. The molecule has 1 rings (SSSR count). The van der Waals surface area contributed by atoms with E-state index in [9.17, 15) is 0 Å². The zero-order valence-electron chi connectivity index (χ0n) is 10.5. The Labute approximate surface area is 94.1 Å². The molecule has 90 valence electrons. The molecule has 0 aromatic carbocycles. The molecule has 0 radical (unpaired) electrons. The highest BCUT2D eigenvalue weighted by molar-refractivity contribution is 4.76. The summed E-state index contributed by atoms with van der Waals surface area (Å²) in [5, 5.41) is 2.40. The predicted octanol–water partition coefficient (Wildman–Crippen LogP) is 2.18. The van der Waals surface area contributed by atoms with Crippen LogP contribution in [0.15, 0.2) is 0 Å².